The van der Waals surface area contributed by atoms with Crippen molar-refractivity contribution >= 4 is 5.97 Å². The minimum absolute atomic E-state index is 0.0715. The fraction of sp³-hybridized carbons (Fsp3) is 0.643. The molecule has 0 aliphatic carbocycles. The molecule has 0 amide bonds. The van der Waals surface area contributed by atoms with Crippen molar-refractivity contribution < 1.29 is 27.4 Å². The molecule has 1 aliphatic heterocycles. The number of esters is 1. The molecule has 1 aliphatic rings. The van der Waals surface area contributed by atoms with Gasteiger partial charge in [0.2, 0.25) is 0 Å². The van der Waals surface area contributed by atoms with E-state index in [1.165, 1.54) is 0 Å². The molecule has 128 valence electrons. The van der Waals surface area contributed by atoms with Gasteiger partial charge in [0.15, 0.2) is 5.69 Å². The summed E-state index contributed by atoms with van der Waals surface area (Å²) < 4.78 is 49.0. The lowest BCUT2D eigenvalue weighted by Gasteiger charge is -2.26. The largest absolute Gasteiger partial charge is 0.467 e. The van der Waals surface area contributed by atoms with E-state index in [2.05, 4.69) is 9.72 Å². The minimum atomic E-state index is -4.70. The SMILES string of the molecule is COC(=O)C(CC1CCOCC1)n1cc(C(F)(F)F)ncc1=O. The molecule has 0 radical (unpaired) electrons. The van der Waals surface area contributed by atoms with Crippen LogP contribution in [0.3, 0.4) is 0 Å². The number of rotatable bonds is 4. The molecule has 1 atom stereocenters. The number of alkyl halides is 3. The zero-order valence-corrected chi connectivity index (χ0v) is 12.5. The van der Waals surface area contributed by atoms with Crippen LogP contribution in [0.25, 0.3) is 0 Å². The fourth-order valence-electron chi connectivity index (χ4n) is 2.57. The highest BCUT2D eigenvalue weighted by Crippen LogP contribution is 2.29. The highest BCUT2D eigenvalue weighted by molar-refractivity contribution is 5.74. The van der Waals surface area contributed by atoms with Crippen LogP contribution in [-0.2, 0) is 20.4 Å². The van der Waals surface area contributed by atoms with E-state index in [0.717, 1.165) is 11.7 Å². The Morgan fingerprint density at radius 2 is 2.13 bits per heavy atom. The van der Waals surface area contributed by atoms with Crippen molar-refractivity contribution in [2.75, 3.05) is 20.3 Å². The summed E-state index contributed by atoms with van der Waals surface area (Å²) in [6.07, 6.45) is -1.98. The molecule has 9 heteroatoms. The van der Waals surface area contributed by atoms with Gasteiger partial charge in [-0.25, -0.2) is 9.78 Å². The zero-order valence-electron chi connectivity index (χ0n) is 12.5. The first-order chi connectivity index (χ1) is 10.8. The Bertz CT molecular complexity index is 609. The predicted molar refractivity (Wildman–Crippen MR) is 72.7 cm³/mol. The Morgan fingerprint density at radius 1 is 1.48 bits per heavy atom. The molecular formula is C14H17F3N2O4. The third kappa shape index (κ3) is 4.31. The molecule has 0 N–H and O–H groups in total. The van der Waals surface area contributed by atoms with Crippen molar-refractivity contribution in [3.63, 3.8) is 0 Å². The smallest absolute Gasteiger partial charge is 0.434 e. The molecule has 1 fully saturated rings. The number of nitrogens with zero attached hydrogens (tertiary/aromatic N) is 2. The Balaban J connectivity index is 2.34. The van der Waals surface area contributed by atoms with E-state index in [4.69, 9.17) is 4.74 Å². The maximum atomic E-state index is 12.8. The molecule has 2 heterocycles. The molecule has 1 saturated heterocycles. The minimum Gasteiger partial charge on any atom is -0.467 e. The zero-order chi connectivity index (χ0) is 17.0. The number of hydrogen-bond donors (Lipinski definition) is 0. The highest BCUT2D eigenvalue weighted by Gasteiger charge is 2.35. The quantitative estimate of drug-likeness (QED) is 0.785. The van der Waals surface area contributed by atoms with Gasteiger partial charge in [-0.1, -0.05) is 0 Å². The number of hydrogen-bond acceptors (Lipinski definition) is 5. The lowest BCUT2D eigenvalue weighted by Crippen LogP contribution is -2.34. The van der Waals surface area contributed by atoms with Crippen LogP contribution in [0, 0.1) is 5.92 Å². The first kappa shape index (κ1) is 17.5. The van der Waals surface area contributed by atoms with Crippen LogP contribution in [0.4, 0.5) is 13.2 Å². The van der Waals surface area contributed by atoms with Gasteiger partial charge in [0.25, 0.3) is 5.56 Å². The van der Waals surface area contributed by atoms with Crippen molar-refractivity contribution in [3.8, 4) is 0 Å². The van der Waals surface area contributed by atoms with Crippen LogP contribution in [-0.4, -0.2) is 35.8 Å². The topological polar surface area (TPSA) is 70.4 Å². The van der Waals surface area contributed by atoms with Gasteiger partial charge in [0.1, 0.15) is 6.04 Å². The summed E-state index contributed by atoms with van der Waals surface area (Å²) in [6.45, 7) is 1.05. The van der Waals surface area contributed by atoms with E-state index in [0.29, 0.717) is 38.4 Å². The Labute approximate surface area is 130 Å². The maximum Gasteiger partial charge on any atom is 0.434 e. The van der Waals surface area contributed by atoms with Gasteiger partial charge in [0.05, 0.1) is 13.3 Å². The summed E-state index contributed by atoms with van der Waals surface area (Å²) >= 11 is 0. The van der Waals surface area contributed by atoms with Crippen molar-refractivity contribution in [1.82, 2.24) is 9.55 Å². The number of carbonyl (C=O) groups excluding carboxylic acids is 1. The average molecular weight is 334 g/mol. The first-order valence-electron chi connectivity index (χ1n) is 7.14. The molecule has 0 aromatic carbocycles. The van der Waals surface area contributed by atoms with E-state index in [9.17, 15) is 22.8 Å². The Morgan fingerprint density at radius 3 is 2.70 bits per heavy atom. The Hall–Kier alpha value is -1.90. The Kier molecular flexibility index (Phi) is 5.40. The van der Waals surface area contributed by atoms with E-state index in [-0.39, 0.29) is 12.3 Å². The molecule has 23 heavy (non-hydrogen) atoms. The third-order valence-corrected chi connectivity index (χ3v) is 3.83. The molecule has 1 aromatic heterocycles. The van der Waals surface area contributed by atoms with E-state index in [1.54, 1.807) is 0 Å². The summed E-state index contributed by atoms with van der Waals surface area (Å²) in [5.74, 6) is -0.680. The van der Waals surface area contributed by atoms with E-state index in [1.807, 2.05) is 0 Å². The number of ether oxygens (including phenoxy) is 2. The second-order valence-electron chi connectivity index (χ2n) is 5.35. The highest BCUT2D eigenvalue weighted by atomic mass is 19.4. The second-order valence-corrected chi connectivity index (χ2v) is 5.35. The monoisotopic (exact) mass is 334 g/mol. The predicted octanol–water partition coefficient (Wildman–Crippen LogP) is 1.79. The summed E-state index contributed by atoms with van der Waals surface area (Å²) in [5, 5.41) is 0. The van der Waals surface area contributed by atoms with Crippen molar-refractivity contribution in [3.05, 3.63) is 28.4 Å². The van der Waals surface area contributed by atoms with E-state index < -0.39 is 29.4 Å². The van der Waals surface area contributed by atoms with Crippen LogP contribution < -0.4 is 5.56 Å². The van der Waals surface area contributed by atoms with Crippen LogP contribution in [0.15, 0.2) is 17.2 Å². The molecule has 0 saturated carbocycles. The van der Waals surface area contributed by atoms with Crippen LogP contribution in [0.1, 0.15) is 31.0 Å². The third-order valence-electron chi connectivity index (χ3n) is 3.83. The van der Waals surface area contributed by atoms with E-state index >= 15 is 0 Å². The van der Waals surface area contributed by atoms with Gasteiger partial charge in [-0.3, -0.25) is 9.36 Å². The van der Waals surface area contributed by atoms with Crippen molar-refractivity contribution in [2.45, 2.75) is 31.5 Å². The van der Waals surface area contributed by atoms with Gasteiger partial charge in [-0.2, -0.15) is 13.2 Å². The van der Waals surface area contributed by atoms with Gasteiger partial charge in [-0.05, 0) is 25.2 Å². The van der Waals surface area contributed by atoms with Crippen LogP contribution >= 0.6 is 0 Å². The normalized spacial score (nSPS) is 17.7. The summed E-state index contributed by atoms with van der Waals surface area (Å²) in [4.78, 5) is 27.0. The van der Waals surface area contributed by atoms with Crippen molar-refractivity contribution in [2.24, 2.45) is 5.92 Å². The van der Waals surface area contributed by atoms with Gasteiger partial charge >= 0.3 is 12.1 Å². The maximum absolute atomic E-state index is 12.8. The molecule has 0 spiro atoms. The lowest BCUT2D eigenvalue weighted by atomic mass is 9.92. The van der Waals surface area contributed by atoms with Crippen molar-refractivity contribution in [1.29, 1.82) is 0 Å². The van der Waals surface area contributed by atoms with Crippen LogP contribution in [0.2, 0.25) is 0 Å². The lowest BCUT2D eigenvalue weighted by molar-refractivity contribution is -0.147. The number of carbonyl (C=O) groups is 1. The molecule has 2 rings (SSSR count). The van der Waals surface area contributed by atoms with Gasteiger partial charge in [0, 0.05) is 19.4 Å². The average Bonchev–Trinajstić information content (AvgIpc) is 2.52. The molecule has 1 aromatic rings. The van der Waals surface area contributed by atoms with Gasteiger partial charge < -0.3 is 9.47 Å². The number of halogens is 3. The summed E-state index contributed by atoms with van der Waals surface area (Å²) in [5.41, 5.74) is -2.00. The first-order valence-corrected chi connectivity index (χ1v) is 7.14. The fourth-order valence-corrected chi connectivity index (χ4v) is 2.57. The van der Waals surface area contributed by atoms with Crippen LogP contribution in [0.5, 0.6) is 0 Å². The standard InChI is InChI=1S/C14H17F3N2O4/c1-22-13(21)10(6-9-2-4-23-5-3-9)19-8-11(14(15,16)17)18-7-12(19)20/h7-10H,2-6H2,1H3. The summed E-state index contributed by atoms with van der Waals surface area (Å²) in [6, 6.07) is -1.11. The van der Waals surface area contributed by atoms with Gasteiger partial charge in [-0.15, -0.1) is 0 Å². The molecule has 1 unspecified atom stereocenters. The second kappa shape index (κ2) is 7.12. The molecule has 6 nitrogen and oxygen atoms in total. The molecule has 0 bridgehead atoms. The summed E-state index contributed by atoms with van der Waals surface area (Å²) in [7, 11) is 1.14. The molecular weight excluding hydrogens is 317 g/mol. The number of methoxy groups -OCH3 is 1. The number of aromatic nitrogens is 2.